The van der Waals surface area contributed by atoms with E-state index in [1.165, 1.54) is 25.3 Å². The largest absolute Gasteiger partial charge is 0.493 e. The van der Waals surface area contributed by atoms with Crippen LogP contribution in [0.3, 0.4) is 0 Å². The van der Waals surface area contributed by atoms with Gasteiger partial charge in [-0.2, -0.15) is 5.10 Å². The van der Waals surface area contributed by atoms with Gasteiger partial charge in [0.25, 0.3) is 5.91 Å². The second-order valence-corrected chi connectivity index (χ2v) is 6.66. The van der Waals surface area contributed by atoms with Crippen LogP contribution >= 0.6 is 0 Å². The standard InChI is InChI=1S/C19H20N6O5/c1-12-13(6-22-30-12)8-24-9-14(7-21-24)25-17(26)11-23(19(25)27)10-15-18(29-3)16(28-2)4-5-20-15/h4-7,9H,8,10-11H2,1-3H3. The van der Waals surface area contributed by atoms with Gasteiger partial charge in [0.05, 0.1) is 45.4 Å². The van der Waals surface area contributed by atoms with Crippen LogP contribution in [-0.4, -0.2) is 57.5 Å². The summed E-state index contributed by atoms with van der Waals surface area (Å²) in [4.78, 5) is 32.3. The third-order valence-corrected chi connectivity index (χ3v) is 4.80. The summed E-state index contributed by atoms with van der Waals surface area (Å²) in [7, 11) is 3.02. The number of ether oxygens (including phenoxy) is 2. The van der Waals surface area contributed by atoms with Crippen molar-refractivity contribution in [3.8, 4) is 11.5 Å². The zero-order valence-electron chi connectivity index (χ0n) is 16.7. The molecule has 3 aromatic rings. The Morgan fingerprint density at radius 3 is 2.70 bits per heavy atom. The molecule has 0 bridgehead atoms. The summed E-state index contributed by atoms with van der Waals surface area (Å²) in [5.41, 5.74) is 1.76. The van der Waals surface area contributed by atoms with Crippen LogP contribution in [0.1, 0.15) is 17.0 Å². The van der Waals surface area contributed by atoms with Gasteiger partial charge >= 0.3 is 6.03 Å². The Labute approximate surface area is 171 Å². The van der Waals surface area contributed by atoms with Crippen LogP contribution in [0, 0.1) is 6.92 Å². The van der Waals surface area contributed by atoms with Crippen molar-refractivity contribution in [1.29, 1.82) is 0 Å². The van der Waals surface area contributed by atoms with E-state index in [0.29, 0.717) is 35.2 Å². The first-order chi connectivity index (χ1) is 14.5. The number of hydrogen-bond donors (Lipinski definition) is 0. The molecule has 0 aromatic carbocycles. The number of nitrogens with zero attached hydrogens (tertiary/aromatic N) is 6. The average molecular weight is 412 g/mol. The molecule has 11 heteroatoms. The molecule has 1 aliphatic heterocycles. The van der Waals surface area contributed by atoms with Crippen molar-refractivity contribution >= 4 is 17.6 Å². The molecule has 4 rings (SSSR count). The Morgan fingerprint density at radius 2 is 2.00 bits per heavy atom. The Hall–Kier alpha value is -3.89. The quantitative estimate of drug-likeness (QED) is 0.538. The number of amides is 3. The van der Waals surface area contributed by atoms with Gasteiger partial charge in [-0.05, 0) is 6.92 Å². The molecular weight excluding hydrogens is 392 g/mol. The van der Waals surface area contributed by atoms with Crippen molar-refractivity contribution in [3.63, 3.8) is 0 Å². The Balaban J connectivity index is 1.52. The maximum Gasteiger partial charge on any atom is 0.332 e. The van der Waals surface area contributed by atoms with Crippen LogP contribution in [0.25, 0.3) is 0 Å². The van der Waals surface area contributed by atoms with Crippen molar-refractivity contribution in [2.24, 2.45) is 0 Å². The molecule has 0 spiro atoms. The van der Waals surface area contributed by atoms with Crippen LogP contribution in [0.15, 0.2) is 35.4 Å². The van der Waals surface area contributed by atoms with Crippen LogP contribution in [0.5, 0.6) is 11.5 Å². The SMILES string of the molecule is COc1ccnc(CN2CC(=O)N(c3cnn(Cc4cnoc4C)c3)C2=O)c1OC. The van der Waals surface area contributed by atoms with Gasteiger partial charge < -0.3 is 18.9 Å². The van der Waals surface area contributed by atoms with E-state index in [9.17, 15) is 9.59 Å². The smallest absolute Gasteiger partial charge is 0.332 e. The number of hydrogen-bond acceptors (Lipinski definition) is 8. The fourth-order valence-corrected chi connectivity index (χ4v) is 3.27. The lowest BCUT2D eigenvalue weighted by molar-refractivity contribution is -0.116. The van der Waals surface area contributed by atoms with E-state index in [0.717, 1.165) is 10.5 Å². The summed E-state index contributed by atoms with van der Waals surface area (Å²) in [6.45, 7) is 2.26. The van der Waals surface area contributed by atoms with Gasteiger partial charge in [0.1, 0.15) is 18.0 Å². The minimum absolute atomic E-state index is 0.0726. The second kappa shape index (κ2) is 7.85. The van der Waals surface area contributed by atoms with E-state index in [2.05, 4.69) is 15.2 Å². The van der Waals surface area contributed by atoms with E-state index in [1.807, 2.05) is 0 Å². The summed E-state index contributed by atoms with van der Waals surface area (Å²) >= 11 is 0. The summed E-state index contributed by atoms with van der Waals surface area (Å²) in [6.07, 6.45) is 6.29. The number of anilines is 1. The fourth-order valence-electron chi connectivity index (χ4n) is 3.27. The zero-order valence-corrected chi connectivity index (χ0v) is 16.7. The minimum atomic E-state index is -0.451. The molecule has 30 heavy (non-hydrogen) atoms. The molecule has 0 N–H and O–H groups in total. The van der Waals surface area contributed by atoms with Crippen molar-refractivity contribution in [3.05, 3.63) is 47.9 Å². The number of pyridine rings is 1. The Kier molecular flexibility index (Phi) is 5.09. The van der Waals surface area contributed by atoms with Crippen molar-refractivity contribution in [2.75, 3.05) is 25.7 Å². The highest BCUT2D eigenvalue weighted by molar-refractivity contribution is 6.19. The van der Waals surface area contributed by atoms with Crippen molar-refractivity contribution in [2.45, 2.75) is 20.0 Å². The molecule has 0 aliphatic carbocycles. The number of aryl methyl sites for hydroxylation is 1. The first-order valence-electron chi connectivity index (χ1n) is 9.12. The Bertz CT molecular complexity index is 1090. The van der Waals surface area contributed by atoms with Crippen LogP contribution < -0.4 is 14.4 Å². The van der Waals surface area contributed by atoms with Crippen LogP contribution in [-0.2, 0) is 17.9 Å². The summed E-state index contributed by atoms with van der Waals surface area (Å²) < 4.78 is 17.3. The molecule has 1 aliphatic rings. The predicted octanol–water partition coefficient (Wildman–Crippen LogP) is 1.61. The minimum Gasteiger partial charge on any atom is -0.493 e. The lowest BCUT2D eigenvalue weighted by Gasteiger charge is -2.18. The maximum absolute atomic E-state index is 12.9. The lowest BCUT2D eigenvalue weighted by atomic mass is 10.3. The summed E-state index contributed by atoms with van der Waals surface area (Å²) in [5, 5.41) is 7.97. The van der Waals surface area contributed by atoms with Gasteiger partial charge in [0.2, 0.25) is 0 Å². The van der Waals surface area contributed by atoms with Crippen molar-refractivity contribution < 1.29 is 23.6 Å². The highest BCUT2D eigenvalue weighted by atomic mass is 16.5. The topological polar surface area (TPSA) is 116 Å². The molecule has 1 fully saturated rings. The predicted molar refractivity (Wildman–Crippen MR) is 103 cm³/mol. The third kappa shape index (κ3) is 3.45. The highest BCUT2D eigenvalue weighted by Crippen LogP contribution is 2.31. The van der Waals surface area contributed by atoms with Crippen LogP contribution in [0.2, 0.25) is 0 Å². The van der Waals surface area contributed by atoms with E-state index in [1.54, 1.807) is 36.3 Å². The van der Waals surface area contributed by atoms with E-state index >= 15 is 0 Å². The average Bonchev–Trinajstić information content (AvgIpc) is 3.42. The maximum atomic E-state index is 12.9. The Morgan fingerprint density at radius 1 is 1.17 bits per heavy atom. The number of imide groups is 1. The molecule has 0 atom stereocenters. The molecule has 3 amide bonds. The van der Waals surface area contributed by atoms with Gasteiger partial charge in [-0.25, -0.2) is 9.69 Å². The monoisotopic (exact) mass is 412 g/mol. The van der Waals surface area contributed by atoms with Gasteiger partial charge in [0, 0.05) is 24.0 Å². The first-order valence-corrected chi connectivity index (χ1v) is 9.12. The number of aromatic nitrogens is 4. The fraction of sp³-hybridized carbons (Fsp3) is 0.316. The van der Waals surface area contributed by atoms with Gasteiger partial charge in [-0.1, -0.05) is 5.16 Å². The van der Waals surface area contributed by atoms with Crippen molar-refractivity contribution in [1.82, 2.24) is 24.8 Å². The third-order valence-electron chi connectivity index (χ3n) is 4.80. The second-order valence-electron chi connectivity index (χ2n) is 6.66. The summed E-state index contributed by atoms with van der Waals surface area (Å²) in [5.74, 6) is 1.27. The molecule has 11 nitrogen and oxygen atoms in total. The molecule has 156 valence electrons. The normalized spacial score (nSPS) is 14.0. The number of carbonyl (C=O) groups is 2. The van der Waals surface area contributed by atoms with Gasteiger partial charge in [-0.15, -0.1) is 0 Å². The molecule has 0 radical (unpaired) electrons. The number of urea groups is 1. The van der Waals surface area contributed by atoms with E-state index in [4.69, 9.17) is 14.0 Å². The molecule has 1 saturated heterocycles. The van der Waals surface area contributed by atoms with Gasteiger partial charge in [-0.3, -0.25) is 14.5 Å². The molecule has 0 saturated carbocycles. The lowest BCUT2D eigenvalue weighted by Crippen LogP contribution is -2.32. The molecular formula is C19H20N6O5. The molecule has 0 unspecified atom stereocenters. The first kappa shape index (κ1) is 19.4. The zero-order chi connectivity index (χ0) is 21.3. The number of carbonyl (C=O) groups excluding carboxylic acids is 2. The van der Waals surface area contributed by atoms with E-state index < -0.39 is 6.03 Å². The number of methoxy groups -OCH3 is 2. The molecule has 4 heterocycles. The summed E-state index contributed by atoms with van der Waals surface area (Å²) in [6, 6.07) is 1.21. The highest BCUT2D eigenvalue weighted by Gasteiger charge is 2.38. The van der Waals surface area contributed by atoms with Gasteiger partial charge in [0.15, 0.2) is 11.5 Å². The molecule has 3 aromatic heterocycles. The van der Waals surface area contributed by atoms with E-state index in [-0.39, 0.29) is 19.0 Å². The number of rotatable bonds is 7. The van der Waals surface area contributed by atoms with Crippen LogP contribution in [0.4, 0.5) is 10.5 Å².